The van der Waals surface area contributed by atoms with Gasteiger partial charge in [0.15, 0.2) is 0 Å². The van der Waals surface area contributed by atoms with E-state index < -0.39 is 0 Å². The first-order valence-corrected chi connectivity index (χ1v) is 6.74. The average Bonchev–Trinajstić information content (AvgIpc) is 2.95. The molecule has 2 aromatic heterocycles. The number of nitrogens with zero attached hydrogens (tertiary/aromatic N) is 2. The Labute approximate surface area is 118 Å². The van der Waals surface area contributed by atoms with Crippen LogP contribution in [0.2, 0.25) is 0 Å². The molecular weight excluding hydrogens is 250 g/mol. The summed E-state index contributed by atoms with van der Waals surface area (Å²) < 4.78 is 7.55. The lowest BCUT2D eigenvalue weighted by molar-refractivity contribution is 0.340. The third-order valence-corrected chi connectivity index (χ3v) is 3.11. The van der Waals surface area contributed by atoms with Crippen LogP contribution in [0.4, 0.5) is 5.82 Å². The zero-order valence-corrected chi connectivity index (χ0v) is 11.4. The Balaban J connectivity index is 1.76. The summed E-state index contributed by atoms with van der Waals surface area (Å²) in [7, 11) is 0. The van der Waals surface area contributed by atoms with Gasteiger partial charge in [-0.2, -0.15) is 0 Å². The van der Waals surface area contributed by atoms with E-state index in [9.17, 15) is 0 Å². The van der Waals surface area contributed by atoms with Gasteiger partial charge in [-0.05, 0) is 36.8 Å². The van der Waals surface area contributed by atoms with Crippen LogP contribution in [0.15, 0.2) is 54.9 Å². The van der Waals surface area contributed by atoms with Crippen LogP contribution in [0, 0.1) is 0 Å². The van der Waals surface area contributed by atoms with Gasteiger partial charge in [-0.1, -0.05) is 18.2 Å². The van der Waals surface area contributed by atoms with E-state index in [1.165, 1.54) is 5.56 Å². The van der Waals surface area contributed by atoms with E-state index in [1.54, 1.807) is 6.20 Å². The predicted molar refractivity (Wildman–Crippen MR) is 80.1 cm³/mol. The molecule has 4 heteroatoms. The highest BCUT2D eigenvalue weighted by Gasteiger charge is 2.01. The SMILES string of the molecule is CCOc1cccc(CNc2cccc3nccn23)c1. The van der Waals surface area contributed by atoms with E-state index in [-0.39, 0.29) is 0 Å². The number of imidazole rings is 1. The number of benzene rings is 1. The molecule has 0 unspecified atom stereocenters. The van der Waals surface area contributed by atoms with Gasteiger partial charge >= 0.3 is 0 Å². The Morgan fingerprint density at radius 2 is 2.10 bits per heavy atom. The van der Waals surface area contributed by atoms with Gasteiger partial charge in [-0.3, -0.25) is 4.40 Å². The molecule has 0 radical (unpaired) electrons. The van der Waals surface area contributed by atoms with Gasteiger partial charge < -0.3 is 10.1 Å². The molecule has 0 aliphatic heterocycles. The van der Waals surface area contributed by atoms with Crippen LogP contribution in [0.3, 0.4) is 0 Å². The van der Waals surface area contributed by atoms with Gasteiger partial charge in [0.05, 0.1) is 6.61 Å². The van der Waals surface area contributed by atoms with Gasteiger partial charge in [0.1, 0.15) is 17.2 Å². The van der Waals surface area contributed by atoms with Gasteiger partial charge in [0, 0.05) is 18.9 Å². The Hall–Kier alpha value is -2.49. The molecule has 0 saturated heterocycles. The van der Waals surface area contributed by atoms with Crippen molar-refractivity contribution in [2.75, 3.05) is 11.9 Å². The number of anilines is 1. The Kier molecular flexibility index (Phi) is 3.54. The zero-order valence-electron chi connectivity index (χ0n) is 11.4. The first kappa shape index (κ1) is 12.5. The van der Waals surface area contributed by atoms with Crippen molar-refractivity contribution in [1.29, 1.82) is 0 Å². The van der Waals surface area contributed by atoms with Gasteiger partial charge in [-0.25, -0.2) is 4.98 Å². The molecule has 0 amide bonds. The molecule has 3 rings (SSSR count). The smallest absolute Gasteiger partial charge is 0.138 e. The largest absolute Gasteiger partial charge is 0.494 e. The molecule has 0 spiro atoms. The summed E-state index contributed by atoms with van der Waals surface area (Å²) in [6.07, 6.45) is 3.75. The van der Waals surface area contributed by atoms with Crippen LogP contribution in [0.5, 0.6) is 5.75 Å². The minimum absolute atomic E-state index is 0.686. The van der Waals surface area contributed by atoms with E-state index in [0.29, 0.717) is 6.61 Å². The molecule has 1 aromatic carbocycles. The highest BCUT2D eigenvalue weighted by atomic mass is 16.5. The second-order valence-corrected chi connectivity index (χ2v) is 4.50. The fraction of sp³-hybridized carbons (Fsp3) is 0.188. The van der Waals surface area contributed by atoms with E-state index in [4.69, 9.17) is 4.74 Å². The Morgan fingerprint density at radius 1 is 1.20 bits per heavy atom. The second-order valence-electron chi connectivity index (χ2n) is 4.50. The summed E-state index contributed by atoms with van der Waals surface area (Å²) >= 11 is 0. The standard InChI is InChI=1S/C16H17N3O/c1-2-20-14-6-3-5-13(11-14)12-18-16-8-4-7-15-17-9-10-19(15)16/h3-11,18H,2,12H2,1H3. The predicted octanol–water partition coefficient (Wildman–Crippen LogP) is 3.35. The maximum absolute atomic E-state index is 5.51. The topological polar surface area (TPSA) is 38.6 Å². The van der Waals surface area contributed by atoms with Gasteiger partial charge in [0.2, 0.25) is 0 Å². The number of fused-ring (bicyclic) bond motifs is 1. The third kappa shape index (κ3) is 2.59. The summed E-state index contributed by atoms with van der Waals surface area (Å²) in [4.78, 5) is 4.28. The van der Waals surface area contributed by atoms with Crippen molar-refractivity contribution in [1.82, 2.24) is 9.38 Å². The normalized spacial score (nSPS) is 10.7. The lowest BCUT2D eigenvalue weighted by Crippen LogP contribution is -2.04. The van der Waals surface area contributed by atoms with Crippen LogP contribution in [0.25, 0.3) is 5.65 Å². The van der Waals surface area contributed by atoms with Gasteiger partial charge in [-0.15, -0.1) is 0 Å². The van der Waals surface area contributed by atoms with Crippen molar-refractivity contribution in [2.45, 2.75) is 13.5 Å². The lowest BCUT2D eigenvalue weighted by Gasteiger charge is -2.10. The van der Waals surface area contributed by atoms with Crippen LogP contribution >= 0.6 is 0 Å². The number of aromatic nitrogens is 2. The van der Waals surface area contributed by atoms with Crippen molar-refractivity contribution >= 4 is 11.5 Å². The number of rotatable bonds is 5. The summed E-state index contributed by atoms with van der Waals surface area (Å²) in [5.41, 5.74) is 2.13. The Morgan fingerprint density at radius 3 is 3.00 bits per heavy atom. The molecule has 1 N–H and O–H groups in total. The summed E-state index contributed by atoms with van der Waals surface area (Å²) in [6.45, 7) is 3.42. The summed E-state index contributed by atoms with van der Waals surface area (Å²) in [5, 5.41) is 3.43. The van der Waals surface area contributed by atoms with Crippen molar-refractivity contribution in [2.24, 2.45) is 0 Å². The fourth-order valence-corrected chi connectivity index (χ4v) is 2.20. The molecule has 102 valence electrons. The highest BCUT2D eigenvalue weighted by Crippen LogP contribution is 2.16. The molecule has 2 heterocycles. The van der Waals surface area contributed by atoms with Crippen LogP contribution in [-0.2, 0) is 6.54 Å². The molecule has 4 nitrogen and oxygen atoms in total. The van der Waals surface area contributed by atoms with Crippen LogP contribution < -0.4 is 10.1 Å². The summed E-state index contributed by atoms with van der Waals surface area (Å²) in [6, 6.07) is 14.2. The quantitative estimate of drug-likeness (QED) is 0.770. The molecular formula is C16H17N3O. The molecule has 20 heavy (non-hydrogen) atoms. The minimum Gasteiger partial charge on any atom is -0.494 e. The molecule has 3 aromatic rings. The van der Waals surface area contributed by atoms with Gasteiger partial charge in [0.25, 0.3) is 0 Å². The second kappa shape index (κ2) is 5.65. The maximum atomic E-state index is 5.51. The minimum atomic E-state index is 0.686. The van der Waals surface area contributed by atoms with E-state index in [1.807, 2.05) is 47.9 Å². The molecule has 0 aliphatic carbocycles. The summed E-state index contributed by atoms with van der Waals surface area (Å²) in [5.74, 6) is 1.94. The zero-order chi connectivity index (χ0) is 13.8. The van der Waals surface area contributed by atoms with Crippen molar-refractivity contribution < 1.29 is 4.74 Å². The van der Waals surface area contributed by atoms with Crippen molar-refractivity contribution in [3.63, 3.8) is 0 Å². The van der Waals surface area contributed by atoms with Crippen molar-refractivity contribution in [3.8, 4) is 5.75 Å². The molecule has 0 aliphatic rings. The number of hydrogen-bond acceptors (Lipinski definition) is 3. The monoisotopic (exact) mass is 267 g/mol. The van der Waals surface area contributed by atoms with E-state index >= 15 is 0 Å². The lowest BCUT2D eigenvalue weighted by atomic mass is 10.2. The Bertz CT molecular complexity index is 706. The van der Waals surface area contributed by atoms with E-state index in [2.05, 4.69) is 22.4 Å². The first-order valence-electron chi connectivity index (χ1n) is 6.74. The number of hydrogen-bond donors (Lipinski definition) is 1. The van der Waals surface area contributed by atoms with Crippen LogP contribution in [0.1, 0.15) is 12.5 Å². The molecule has 0 saturated carbocycles. The molecule has 0 bridgehead atoms. The number of pyridine rings is 1. The third-order valence-electron chi connectivity index (χ3n) is 3.11. The molecule has 0 fully saturated rings. The van der Waals surface area contributed by atoms with E-state index in [0.717, 1.165) is 23.8 Å². The maximum Gasteiger partial charge on any atom is 0.138 e. The first-order chi connectivity index (χ1) is 9.86. The van der Waals surface area contributed by atoms with Crippen LogP contribution in [-0.4, -0.2) is 16.0 Å². The highest BCUT2D eigenvalue weighted by molar-refractivity contribution is 5.50. The number of ether oxygens (including phenoxy) is 1. The molecule has 0 atom stereocenters. The fourth-order valence-electron chi connectivity index (χ4n) is 2.20. The number of nitrogens with one attached hydrogen (secondary N) is 1. The van der Waals surface area contributed by atoms with Crippen molar-refractivity contribution in [3.05, 3.63) is 60.4 Å². The average molecular weight is 267 g/mol.